The predicted molar refractivity (Wildman–Crippen MR) is 78.8 cm³/mol. The minimum absolute atomic E-state index is 0.387. The third kappa shape index (κ3) is 5.00. The van der Waals surface area contributed by atoms with Crippen molar-refractivity contribution in [3.05, 3.63) is 28.2 Å². The van der Waals surface area contributed by atoms with Gasteiger partial charge in [-0.25, -0.2) is 0 Å². The maximum Gasteiger partial charge on any atom is 0.0556 e. The van der Waals surface area contributed by atoms with Gasteiger partial charge in [0, 0.05) is 28.3 Å². The molecule has 0 saturated carbocycles. The van der Waals surface area contributed by atoms with Crippen LogP contribution in [0, 0.1) is 0 Å². The maximum absolute atomic E-state index is 5.09. The Bertz CT molecular complexity index is 346. The quantitative estimate of drug-likeness (QED) is 0.609. The van der Waals surface area contributed by atoms with Crippen molar-refractivity contribution in [1.82, 2.24) is 5.32 Å². The summed E-state index contributed by atoms with van der Waals surface area (Å²) in [5.74, 6) is 0.985. The van der Waals surface area contributed by atoms with E-state index in [0.29, 0.717) is 6.04 Å². The van der Waals surface area contributed by atoms with Gasteiger partial charge >= 0.3 is 0 Å². The molecule has 0 fully saturated rings. The predicted octanol–water partition coefficient (Wildman–Crippen LogP) is 3.86. The average molecular weight is 318 g/mol. The number of hydrogen-bond donors (Lipinski definition) is 1. The number of nitrogens with one attached hydrogen (secondary N) is 1. The van der Waals surface area contributed by atoms with Crippen molar-refractivity contribution < 1.29 is 4.74 Å². The van der Waals surface area contributed by atoms with Crippen molar-refractivity contribution in [3.63, 3.8) is 0 Å². The number of methoxy groups -OCH3 is 1. The number of halogens is 1. The van der Waals surface area contributed by atoms with E-state index >= 15 is 0 Å². The molecule has 0 amide bonds. The number of thioether (sulfide) groups is 1. The third-order valence-electron chi connectivity index (χ3n) is 2.50. The Morgan fingerprint density at radius 2 is 2.24 bits per heavy atom. The summed E-state index contributed by atoms with van der Waals surface area (Å²) in [5, 5.41) is 3.45. The highest BCUT2D eigenvalue weighted by Crippen LogP contribution is 2.30. The molecule has 1 atom stereocenters. The summed E-state index contributed by atoms with van der Waals surface area (Å²) >= 11 is 5.37. The van der Waals surface area contributed by atoms with Gasteiger partial charge in [-0.05, 0) is 31.2 Å². The molecule has 0 saturated heterocycles. The molecule has 1 aromatic carbocycles. The van der Waals surface area contributed by atoms with Gasteiger partial charge in [-0.2, -0.15) is 0 Å². The molecule has 2 nitrogen and oxygen atoms in total. The van der Waals surface area contributed by atoms with Crippen LogP contribution in [0.5, 0.6) is 0 Å². The fourth-order valence-electron chi connectivity index (χ4n) is 1.64. The minimum atomic E-state index is 0.387. The van der Waals surface area contributed by atoms with Crippen molar-refractivity contribution in [2.24, 2.45) is 0 Å². The normalized spacial score (nSPS) is 12.7. The summed E-state index contributed by atoms with van der Waals surface area (Å²) in [7, 11) is 1.74. The van der Waals surface area contributed by atoms with Crippen molar-refractivity contribution in [1.29, 1.82) is 0 Å². The van der Waals surface area contributed by atoms with E-state index < -0.39 is 0 Å². The van der Waals surface area contributed by atoms with Crippen molar-refractivity contribution in [2.75, 3.05) is 26.0 Å². The average Bonchev–Trinajstić information content (AvgIpc) is 2.30. The van der Waals surface area contributed by atoms with Crippen LogP contribution in [0.15, 0.2) is 27.6 Å². The second kappa shape index (κ2) is 8.14. The molecular weight excluding hydrogens is 298 g/mol. The highest BCUT2D eigenvalue weighted by molar-refractivity contribution is 9.10. The standard InChI is InChI=1S/C13H20BrNOS/c1-4-15-10(2)12-6-5-11(14)9-13(12)17-8-7-16-3/h5-6,9-10,15H,4,7-8H2,1-3H3. The fraction of sp³-hybridized carbons (Fsp3) is 0.538. The van der Waals surface area contributed by atoms with Crippen LogP contribution in [0.1, 0.15) is 25.5 Å². The zero-order valence-corrected chi connectivity index (χ0v) is 13.0. The topological polar surface area (TPSA) is 21.3 Å². The summed E-state index contributed by atoms with van der Waals surface area (Å²) in [6.45, 7) is 6.10. The van der Waals surface area contributed by atoms with Gasteiger partial charge in [0.1, 0.15) is 0 Å². The van der Waals surface area contributed by atoms with E-state index in [1.165, 1.54) is 10.5 Å². The molecule has 0 aromatic heterocycles. The molecule has 0 heterocycles. The summed E-state index contributed by atoms with van der Waals surface area (Å²) in [5.41, 5.74) is 1.36. The maximum atomic E-state index is 5.09. The van der Waals surface area contributed by atoms with Crippen molar-refractivity contribution >= 4 is 27.7 Å². The molecule has 1 N–H and O–H groups in total. The lowest BCUT2D eigenvalue weighted by Crippen LogP contribution is -2.18. The van der Waals surface area contributed by atoms with Gasteiger partial charge in [0.05, 0.1) is 6.61 Å². The van der Waals surface area contributed by atoms with Crippen LogP contribution >= 0.6 is 27.7 Å². The van der Waals surface area contributed by atoms with Crippen LogP contribution in [0.4, 0.5) is 0 Å². The number of ether oxygens (including phenoxy) is 1. The first-order valence-electron chi connectivity index (χ1n) is 5.83. The molecule has 96 valence electrons. The van der Waals surface area contributed by atoms with E-state index in [2.05, 4.69) is 53.3 Å². The smallest absolute Gasteiger partial charge is 0.0556 e. The van der Waals surface area contributed by atoms with Crippen LogP contribution in [-0.2, 0) is 4.74 Å². The zero-order chi connectivity index (χ0) is 12.7. The summed E-state index contributed by atoms with van der Waals surface area (Å²) in [6.07, 6.45) is 0. The van der Waals surface area contributed by atoms with Gasteiger partial charge in [0.2, 0.25) is 0 Å². The second-order valence-electron chi connectivity index (χ2n) is 3.80. The van der Waals surface area contributed by atoms with Crippen LogP contribution in [-0.4, -0.2) is 26.0 Å². The molecule has 0 spiro atoms. The lowest BCUT2D eigenvalue weighted by molar-refractivity contribution is 0.218. The van der Waals surface area contributed by atoms with E-state index in [1.807, 2.05) is 11.8 Å². The number of benzene rings is 1. The second-order valence-corrected chi connectivity index (χ2v) is 5.86. The van der Waals surface area contributed by atoms with Gasteiger partial charge < -0.3 is 10.1 Å². The van der Waals surface area contributed by atoms with E-state index in [0.717, 1.165) is 23.4 Å². The van der Waals surface area contributed by atoms with E-state index in [-0.39, 0.29) is 0 Å². The first-order valence-corrected chi connectivity index (χ1v) is 7.61. The van der Waals surface area contributed by atoms with E-state index in [1.54, 1.807) is 7.11 Å². The molecule has 0 aliphatic carbocycles. The van der Waals surface area contributed by atoms with Crippen LogP contribution in [0.25, 0.3) is 0 Å². The van der Waals surface area contributed by atoms with Crippen LogP contribution in [0.3, 0.4) is 0 Å². The van der Waals surface area contributed by atoms with Gasteiger partial charge in [0.15, 0.2) is 0 Å². The van der Waals surface area contributed by atoms with E-state index in [4.69, 9.17) is 4.74 Å². The van der Waals surface area contributed by atoms with Crippen molar-refractivity contribution in [2.45, 2.75) is 24.8 Å². The fourth-order valence-corrected chi connectivity index (χ4v) is 3.25. The molecule has 17 heavy (non-hydrogen) atoms. The minimum Gasteiger partial charge on any atom is -0.384 e. The Morgan fingerprint density at radius 3 is 2.88 bits per heavy atom. The van der Waals surface area contributed by atoms with Gasteiger partial charge in [0.25, 0.3) is 0 Å². The Balaban J connectivity index is 2.79. The zero-order valence-electron chi connectivity index (χ0n) is 10.6. The number of hydrogen-bond acceptors (Lipinski definition) is 3. The molecule has 1 unspecified atom stereocenters. The molecule has 1 rings (SSSR count). The highest BCUT2D eigenvalue weighted by Gasteiger charge is 2.10. The summed E-state index contributed by atoms with van der Waals surface area (Å²) in [6, 6.07) is 6.86. The highest BCUT2D eigenvalue weighted by atomic mass is 79.9. The number of rotatable bonds is 7. The molecule has 0 bridgehead atoms. The summed E-state index contributed by atoms with van der Waals surface area (Å²) in [4.78, 5) is 1.32. The van der Waals surface area contributed by atoms with Crippen LogP contribution < -0.4 is 5.32 Å². The molecule has 0 radical (unpaired) electrons. The first kappa shape index (κ1) is 15.0. The Hall–Kier alpha value is -0.0300. The third-order valence-corrected chi connectivity index (χ3v) is 4.03. The molecule has 4 heteroatoms. The molecule has 0 aliphatic heterocycles. The lowest BCUT2D eigenvalue weighted by Gasteiger charge is -2.17. The van der Waals surface area contributed by atoms with Gasteiger partial charge in [-0.1, -0.05) is 28.9 Å². The Morgan fingerprint density at radius 1 is 1.47 bits per heavy atom. The molecular formula is C13H20BrNOS. The van der Waals surface area contributed by atoms with Gasteiger partial charge in [-0.3, -0.25) is 0 Å². The SMILES string of the molecule is CCNC(C)c1ccc(Br)cc1SCCOC. The van der Waals surface area contributed by atoms with Crippen molar-refractivity contribution in [3.8, 4) is 0 Å². The summed E-state index contributed by atoms with van der Waals surface area (Å²) < 4.78 is 6.22. The first-order chi connectivity index (χ1) is 8.19. The lowest BCUT2D eigenvalue weighted by atomic mass is 10.1. The van der Waals surface area contributed by atoms with Gasteiger partial charge in [-0.15, -0.1) is 11.8 Å². The van der Waals surface area contributed by atoms with Crippen LogP contribution in [0.2, 0.25) is 0 Å². The Labute approximate surface area is 117 Å². The Kier molecular flexibility index (Phi) is 7.19. The monoisotopic (exact) mass is 317 g/mol. The molecule has 1 aromatic rings. The largest absolute Gasteiger partial charge is 0.384 e. The molecule has 0 aliphatic rings. The van der Waals surface area contributed by atoms with E-state index in [9.17, 15) is 0 Å².